The van der Waals surface area contributed by atoms with Crippen molar-refractivity contribution in [2.24, 2.45) is 5.92 Å². The molecule has 0 aromatic heterocycles. The largest absolute Gasteiger partial charge is 0.396 e. The Morgan fingerprint density at radius 2 is 2.25 bits per heavy atom. The lowest BCUT2D eigenvalue weighted by Crippen LogP contribution is -2.40. The van der Waals surface area contributed by atoms with Gasteiger partial charge in [0.25, 0.3) is 5.92 Å². The summed E-state index contributed by atoms with van der Waals surface area (Å²) >= 11 is 0. The molecule has 0 aromatic carbocycles. The van der Waals surface area contributed by atoms with Gasteiger partial charge in [-0.15, -0.1) is 0 Å². The predicted octanol–water partition coefficient (Wildman–Crippen LogP) is 1.02. The Morgan fingerprint density at radius 3 is 2.25 bits per heavy atom. The molecule has 3 heteroatoms. The van der Waals surface area contributed by atoms with Gasteiger partial charge in [-0.25, -0.2) is 8.78 Å². The smallest absolute Gasteiger partial charge is 0.253 e. The third-order valence-electron chi connectivity index (χ3n) is 1.64. The Morgan fingerprint density at radius 1 is 1.62 bits per heavy atom. The number of alkyl halides is 2. The summed E-state index contributed by atoms with van der Waals surface area (Å²) in [6.07, 6.45) is 0.432. The van der Waals surface area contributed by atoms with Gasteiger partial charge in [0.1, 0.15) is 0 Å². The van der Waals surface area contributed by atoms with Crippen molar-refractivity contribution in [3.05, 3.63) is 0 Å². The van der Waals surface area contributed by atoms with Crippen molar-refractivity contribution in [2.45, 2.75) is 18.8 Å². The van der Waals surface area contributed by atoms with Crippen LogP contribution in [0, 0.1) is 5.92 Å². The summed E-state index contributed by atoms with van der Waals surface area (Å²) < 4.78 is 24.1. The van der Waals surface area contributed by atoms with Crippen LogP contribution in [0.1, 0.15) is 12.8 Å². The maximum Gasteiger partial charge on any atom is 0.253 e. The second kappa shape index (κ2) is 1.65. The molecule has 1 aliphatic carbocycles. The molecule has 1 saturated carbocycles. The van der Waals surface area contributed by atoms with Crippen LogP contribution in [0.4, 0.5) is 8.78 Å². The van der Waals surface area contributed by atoms with Crippen LogP contribution in [0.2, 0.25) is 0 Å². The average Bonchev–Trinajstić information content (AvgIpc) is 1.66. The van der Waals surface area contributed by atoms with E-state index >= 15 is 0 Å². The fourth-order valence-electron chi connectivity index (χ4n) is 0.792. The minimum absolute atomic E-state index is 0.0434. The minimum Gasteiger partial charge on any atom is -0.396 e. The SMILES string of the molecule is OCC1CCC1(F)F. The molecular formula is C5H8F2O. The highest BCUT2D eigenvalue weighted by atomic mass is 19.3. The predicted molar refractivity (Wildman–Crippen MR) is 24.8 cm³/mol. The molecule has 1 unspecified atom stereocenters. The van der Waals surface area contributed by atoms with Crippen molar-refractivity contribution >= 4 is 0 Å². The quantitative estimate of drug-likeness (QED) is 0.550. The highest BCUT2D eigenvalue weighted by Gasteiger charge is 2.47. The van der Waals surface area contributed by atoms with E-state index in [0.29, 0.717) is 6.42 Å². The van der Waals surface area contributed by atoms with Crippen LogP contribution in [0.25, 0.3) is 0 Å². The van der Waals surface area contributed by atoms with Gasteiger partial charge >= 0.3 is 0 Å². The Bertz CT molecular complexity index is 90.4. The summed E-state index contributed by atoms with van der Waals surface area (Å²) in [7, 11) is 0. The summed E-state index contributed by atoms with van der Waals surface area (Å²) in [6.45, 7) is -0.368. The molecule has 1 nitrogen and oxygen atoms in total. The van der Waals surface area contributed by atoms with Gasteiger partial charge in [0, 0.05) is 12.3 Å². The fourth-order valence-corrected chi connectivity index (χ4v) is 0.792. The maximum atomic E-state index is 12.0. The van der Waals surface area contributed by atoms with Crippen LogP contribution in [0.15, 0.2) is 0 Å². The van der Waals surface area contributed by atoms with Gasteiger partial charge < -0.3 is 5.11 Å². The van der Waals surface area contributed by atoms with E-state index in [9.17, 15) is 8.78 Å². The Labute approximate surface area is 46.3 Å². The second-order valence-electron chi connectivity index (χ2n) is 2.18. The molecule has 0 radical (unpaired) electrons. The molecule has 0 aliphatic heterocycles. The van der Waals surface area contributed by atoms with Gasteiger partial charge in [-0.1, -0.05) is 0 Å². The van der Waals surface area contributed by atoms with Gasteiger partial charge in [-0.05, 0) is 6.42 Å². The van der Waals surface area contributed by atoms with Crippen LogP contribution in [-0.4, -0.2) is 17.6 Å². The lowest BCUT2D eigenvalue weighted by Gasteiger charge is -2.34. The van der Waals surface area contributed by atoms with Crippen molar-refractivity contribution in [1.29, 1.82) is 0 Å². The highest BCUT2D eigenvalue weighted by Crippen LogP contribution is 2.42. The van der Waals surface area contributed by atoms with E-state index in [0.717, 1.165) is 0 Å². The molecule has 0 bridgehead atoms. The standard InChI is InChI=1S/C5H8F2O/c6-5(7)2-1-4(5)3-8/h4,8H,1-3H2. The number of halogens is 2. The van der Waals surface area contributed by atoms with Crippen LogP contribution in [-0.2, 0) is 0 Å². The number of hydrogen-bond donors (Lipinski definition) is 1. The first-order valence-corrected chi connectivity index (χ1v) is 2.65. The first kappa shape index (κ1) is 5.95. The van der Waals surface area contributed by atoms with Crippen molar-refractivity contribution in [3.63, 3.8) is 0 Å². The lowest BCUT2D eigenvalue weighted by molar-refractivity contribution is -0.146. The first-order chi connectivity index (χ1) is 3.67. The third-order valence-corrected chi connectivity index (χ3v) is 1.64. The normalized spacial score (nSPS) is 34.1. The molecule has 1 aliphatic rings. The van der Waals surface area contributed by atoms with E-state index < -0.39 is 11.8 Å². The minimum atomic E-state index is -2.56. The van der Waals surface area contributed by atoms with E-state index in [4.69, 9.17) is 5.11 Å². The average molecular weight is 122 g/mol. The number of aliphatic hydroxyl groups excluding tert-OH is 1. The number of hydrogen-bond acceptors (Lipinski definition) is 1. The molecule has 0 aromatic rings. The monoisotopic (exact) mass is 122 g/mol. The van der Waals surface area contributed by atoms with Crippen molar-refractivity contribution < 1.29 is 13.9 Å². The van der Waals surface area contributed by atoms with Gasteiger partial charge in [-0.3, -0.25) is 0 Å². The molecule has 1 fully saturated rings. The first-order valence-electron chi connectivity index (χ1n) is 2.65. The molecule has 1 rings (SSSR count). The summed E-state index contributed by atoms with van der Waals surface area (Å²) in [6, 6.07) is 0. The van der Waals surface area contributed by atoms with Crippen LogP contribution in [0.3, 0.4) is 0 Å². The molecule has 1 atom stereocenters. The summed E-state index contributed by atoms with van der Waals surface area (Å²) in [5, 5.41) is 8.24. The molecular weight excluding hydrogens is 114 g/mol. The van der Waals surface area contributed by atoms with Crippen molar-refractivity contribution in [1.82, 2.24) is 0 Å². The molecule has 48 valence electrons. The van der Waals surface area contributed by atoms with Crippen LogP contribution >= 0.6 is 0 Å². The maximum absolute atomic E-state index is 12.0. The van der Waals surface area contributed by atoms with Gasteiger partial charge in [0.15, 0.2) is 0 Å². The molecule has 0 saturated heterocycles. The lowest BCUT2D eigenvalue weighted by atomic mass is 9.82. The third kappa shape index (κ3) is 0.708. The van der Waals surface area contributed by atoms with Gasteiger partial charge in [-0.2, -0.15) is 0 Å². The van der Waals surface area contributed by atoms with Crippen molar-refractivity contribution in [3.8, 4) is 0 Å². The summed E-state index contributed by atoms with van der Waals surface area (Å²) in [5.74, 6) is -3.31. The zero-order valence-electron chi connectivity index (χ0n) is 4.40. The Hall–Kier alpha value is -0.180. The topological polar surface area (TPSA) is 20.2 Å². The van der Waals surface area contributed by atoms with Crippen molar-refractivity contribution in [2.75, 3.05) is 6.61 Å². The van der Waals surface area contributed by atoms with E-state index in [1.54, 1.807) is 0 Å². The summed E-state index contributed by atoms with van der Waals surface area (Å²) in [5.41, 5.74) is 0. The molecule has 0 heterocycles. The van der Waals surface area contributed by atoms with E-state index in [-0.39, 0.29) is 13.0 Å². The van der Waals surface area contributed by atoms with E-state index in [2.05, 4.69) is 0 Å². The molecule has 0 amide bonds. The Kier molecular flexibility index (Phi) is 1.23. The fraction of sp³-hybridized carbons (Fsp3) is 1.00. The van der Waals surface area contributed by atoms with Crippen LogP contribution < -0.4 is 0 Å². The molecule has 1 N–H and O–H groups in total. The zero-order chi connectivity index (χ0) is 6.20. The molecule has 0 spiro atoms. The van der Waals surface area contributed by atoms with Gasteiger partial charge in [0.2, 0.25) is 0 Å². The number of aliphatic hydroxyl groups is 1. The van der Waals surface area contributed by atoms with Crippen LogP contribution in [0.5, 0.6) is 0 Å². The van der Waals surface area contributed by atoms with E-state index in [1.165, 1.54) is 0 Å². The highest BCUT2D eigenvalue weighted by molar-refractivity contribution is 4.86. The Balaban J connectivity index is 2.37. The second-order valence-corrected chi connectivity index (χ2v) is 2.18. The zero-order valence-corrected chi connectivity index (χ0v) is 4.40. The van der Waals surface area contributed by atoms with E-state index in [1.807, 2.05) is 0 Å². The molecule has 8 heavy (non-hydrogen) atoms. The number of rotatable bonds is 1. The van der Waals surface area contributed by atoms with Gasteiger partial charge in [0.05, 0.1) is 6.61 Å². The summed E-state index contributed by atoms with van der Waals surface area (Å²) in [4.78, 5) is 0.